The number of aromatic nitrogens is 2. The number of nitrogens with zero attached hydrogens (tertiary/aromatic N) is 3. The topological polar surface area (TPSA) is 67.2 Å². The molecule has 3 rings (SSSR count). The van der Waals surface area contributed by atoms with Crippen LogP contribution in [0.3, 0.4) is 0 Å². The average molecular weight is 352 g/mol. The molecular weight excluding hydrogens is 328 g/mol. The summed E-state index contributed by atoms with van der Waals surface area (Å²) in [4.78, 5) is 25.9. The Kier molecular flexibility index (Phi) is 5.21. The van der Waals surface area contributed by atoms with E-state index in [1.165, 1.54) is 11.8 Å². The zero-order valence-electron chi connectivity index (χ0n) is 15.2. The lowest BCUT2D eigenvalue weighted by Gasteiger charge is -2.32. The zero-order valence-corrected chi connectivity index (χ0v) is 15.2. The third kappa shape index (κ3) is 3.85. The largest absolute Gasteiger partial charge is 0.338 e. The van der Waals surface area contributed by atoms with Crippen molar-refractivity contribution in [3.63, 3.8) is 0 Å². The Bertz CT molecular complexity index is 815. The van der Waals surface area contributed by atoms with E-state index < -0.39 is 0 Å². The fraction of sp³-hybridized carbons (Fsp3) is 0.350. The number of rotatable bonds is 4. The van der Waals surface area contributed by atoms with Gasteiger partial charge in [0.05, 0.1) is 11.7 Å². The number of anilines is 1. The van der Waals surface area contributed by atoms with Crippen molar-refractivity contribution in [1.29, 1.82) is 0 Å². The lowest BCUT2D eigenvalue weighted by Crippen LogP contribution is -2.39. The molecule has 1 aromatic carbocycles. The summed E-state index contributed by atoms with van der Waals surface area (Å²) in [6.45, 7) is 8.93. The quantitative estimate of drug-likeness (QED) is 0.860. The minimum absolute atomic E-state index is 0.0263. The van der Waals surface area contributed by atoms with Crippen molar-refractivity contribution in [2.75, 3.05) is 18.4 Å². The summed E-state index contributed by atoms with van der Waals surface area (Å²) >= 11 is 0. The third-order valence-corrected chi connectivity index (χ3v) is 4.73. The first-order chi connectivity index (χ1) is 12.5. The molecule has 1 aliphatic rings. The summed E-state index contributed by atoms with van der Waals surface area (Å²) in [5.74, 6) is -0.242. The molecule has 2 aromatic rings. The van der Waals surface area contributed by atoms with Crippen molar-refractivity contribution >= 4 is 17.5 Å². The van der Waals surface area contributed by atoms with Crippen LogP contribution in [0.5, 0.6) is 0 Å². The molecule has 1 fully saturated rings. The van der Waals surface area contributed by atoms with Gasteiger partial charge in [0.25, 0.3) is 5.91 Å². The minimum atomic E-state index is -0.268. The summed E-state index contributed by atoms with van der Waals surface area (Å²) in [6, 6.07) is 9.39. The van der Waals surface area contributed by atoms with E-state index in [2.05, 4.69) is 34.7 Å². The molecule has 0 radical (unpaired) electrons. The Morgan fingerprint density at radius 2 is 1.85 bits per heavy atom. The minimum Gasteiger partial charge on any atom is -0.338 e. The number of amides is 2. The van der Waals surface area contributed by atoms with Crippen LogP contribution in [-0.2, 0) is 4.79 Å². The number of hydrogen-bond acceptors (Lipinski definition) is 3. The Morgan fingerprint density at radius 3 is 2.38 bits per heavy atom. The van der Waals surface area contributed by atoms with Crippen LogP contribution < -0.4 is 5.32 Å². The third-order valence-electron chi connectivity index (χ3n) is 4.73. The summed E-state index contributed by atoms with van der Waals surface area (Å²) in [6.07, 6.45) is 3.02. The highest BCUT2D eigenvalue weighted by Gasteiger charge is 2.25. The van der Waals surface area contributed by atoms with E-state index in [9.17, 15) is 9.59 Å². The van der Waals surface area contributed by atoms with Crippen LogP contribution in [0.1, 0.15) is 40.6 Å². The van der Waals surface area contributed by atoms with Crippen molar-refractivity contribution in [3.05, 3.63) is 59.9 Å². The molecule has 0 spiro atoms. The van der Waals surface area contributed by atoms with Gasteiger partial charge >= 0.3 is 0 Å². The first-order valence-corrected chi connectivity index (χ1v) is 8.83. The molecule has 6 nitrogen and oxygen atoms in total. The van der Waals surface area contributed by atoms with Gasteiger partial charge < -0.3 is 10.2 Å². The number of aryl methyl sites for hydroxylation is 2. The van der Waals surface area contributed by atoms with Gasteiger partial charge in [0.2, 0.25) is 5.91 Å². The summed E-state index contributed by atoms with van der Waals surface area (Å²) in [5, 5.41) is 7.25. The molecule has 1 N–H and O–H groups in total. The molecular formula is C20H24N4O2. The highest BCUT2D eigenvalue weighted by atomic mass is 16.2. The summed E-state index contributed by atoms with van der Waals surface area (Å²) < 4.78 is 2.09. The number of likely N-dealkylation sites (tertiary alicyclic amines) is 1. The van der Waals surface area contributed by atoms with Crippen LogP contribution in [0.15, 0.2) is 43.0 Å². The van der Waals surface area contributed by atoms with E-state index in [1.807, 2.05) is 11.8 Å². The van der Waals surface area contributed by atoms with Gasteiger partial charge in [-0.1, -0.05) is 6.58 Å². The number of carbonyl (C=O) groups is 2. The van der Waals surface area contributed by atoms with Gasteiger partial charge in [-0.05, 0) is 63.1 Å². The van der Waals surface area contributed by atoms with Crippen LogP contribution in [0.2, 0.25) is 0 Å². The molecule has 0 unspecified atom stereocenters. The van der Waals surface area contributed by atoms with Crippen LogP contribution >= 0.6 is 0 Å². The normalized spacial score (nSPS) is 14.9. The smallest absolute Gasteiger partial charge is 0.253 e. The number of hydrogen-bond donors (Lipinski definition) is 1. The van der Waals surface area contributed by atoms with Gasteiger partial charge in [-0.3, -0.25) is 14.3 Å². The second-order valence-electron chi connectivity index (χ2n) is 6.67. The summed E-state index contributed by atoms with van der Waals surface area (Å²) in [7, 11) is 0. The molecule has 1 aromatic heterocycles. The van der Waals surface area contributed by atoms with Gasteiger partial charge in [-0.2, -0.15) is 5.10 Å². The first kappa shape index (κ1) is 17.9. The fourth-order valence-electron chi connectivity index (χ4n) is 3.40. The van der Waals surface area contributed by atoms with Crippen molar-refractivity contribution in [1.82, 2.24) is 14.7 Å². The van der Waals surface area contributed by atoms with Gasteiger partial charge in [0, 0.05) is 30.0 Å². The molecule has 0 aliphatic carbocycles. The average Bonchev–Trinajstić information content (AvgIpc) is 3.00. The van der Waals surface area contributed by atoms with Gasteiger partial charge in [-0.15, -0.1) is 0 Å². The zero-order chi connectivity index (χ0) is 18.7. The lowest BCUT2D eigenvalue weighted by molar-refractivity contribution is -0.111. The van der Waals surface area contributed by atoms with Crippen LogP contribution in [0.4, 0.5) is 5.69 Å². The lowest BCUT2D eigenvalue weighted by atomic mass is 10.0. The SMILES string of the molecule is C=CC(=O)Nc1ccc(C(=O)N2CCC(n3nc(C)cc3C)CC2)cc1. The van der Waals surface area contributed by atoms with Crippen molar-refractivity contribution in [3.8, 4) is 0 Å². The number of nitrogens with one attached hydrogen (secondary N) is 1. The Labute approximate surface area is 153 Å². The van der Waals surface area contributed by atoms with E-state index in [4.69, 9.17) is 0 Å². The highest BCUT2D eigenvalue weighted by molar-refractivity contribution is 5.99. The summed E-state index contributed by atoms with van der Waals surface area (Å²) in [5.41, 5.74) is 3.48. The van der Waals surface area contributed by atoms with E-state index in [-0.39, 0.29) is 11.8 Å². The molecule has 6 heteroatoms. The monoisotopic (exact) mass is 352 g/mol. The maximum atomic E-state index is 12.7. The predicted octanol–water partition coefficient (Wildman–Crippen LogP) is 3.10. The van der Waals surface area contributed by atoms with Crippen molar-refractivity contribution in [2.24, 2.45) is 0 Å². The Hall–Kier alpha value is -2.89. The molecule has 26 heavy (non-hydrogen) atoms. The fourth-order valence-corrected chi connectivity index (χ4v) is 3.40. The molecule has 1 aliphatic heterocycles. The molecule has 136 valence electrons. The Balaban J connectivity index is 1.60. The van der Waals surface area contributed by atoms with E-state index in [0.717, 1.165) is 31.6 Å². The van der Waals surface area contributed by atoms with Crippen LogP contribution in [0, 0.1) is 13.8 Å². The number of piperidine rings is 1. The molecule has 1 saturated heterocycles. The molecule has 0 atom stereocenters. The second-order valence-corrected chi connectivity index (χ2v) is 6.67. The maximum absolute atomic E-state index is 12.7. The molecule has 2 amide bonds. The standard InChI is InChI=1S/C20H24N4O2/c1-4-19(25)21-17-7-5-16(6-8-17)20(26)23-11-9-18(10-12-23)24-15(3)13-14(2)22-24/h4-8,13,18H,1,9-12H2,2-3H3,(H,21,25). The maximum Gasteiger partial charge on any atom is 0.253 e. The number of benzene rings is 1. The first-order valence-electron chi connectivity index (χ1n) is 8.83. The van der Waals surface area contributed by atoms with E-state index in [1.54, 1.807) is 24.3 Å². The van der Waals surface area contributed by atoms with Crippen LogP contribution in [0.25, 0.3) is 0 Å². The van der Waals surface area contributed by atoms with Crippen LogP contribution in [-0.4, -0.2) is 39.6 Å². The molecule has 0 bridgehead atoms. The predicted molar refractivity (Wildman–Crippen MR) is 101 cm³/mol. The molecule has 0 saturated carbocycles. The van der Waals surface area contributed by atoms with E-state index >= 15 is 0 Å². The Morgan fingerprint density at radius 1 is 1.19 bits per heavy atom. The van der Waals surface area contributed by atoms with Gasteiger partial charge in [0.1, 0.15) is 0 Å². The van der Waals surface area contributed by atoms with Gasteiger partial charge in [0.15, 0.2) is 0 Å². The van der Waals surface area contributed by atoms with E-state index in [0.29, 0.717) is 17.3 Å². The second kappa shape index (κ2) is 7.56. The highest BCUT2D eigenvalue weighted by Crippen LogP contribution is 2.25. The van der Waals surface area contributed by atoms with Crippen molar-refractivity contribution < 1.29 is 9.59 Å². The molecule has 2 heterocycles. The van der Waals surface area contributed by atoms with Crippen molar-refractivity contribution in [2.45, 2.75) is 32.7 Å². The van der Waals surface area contributed by atoms with Gasteiger partial charge in [-0.25, -0.2) is 0 Å². The number of carbonyl (C=O) groups excluding carboxylic acids is 2.